The van der Waals surface area contributed by atoms with Crippen LogP contribution in [0.4, 0.5) is 0 Å². The van der Waals surface area contributed by atoms with E-state index in [9.17, 15) is 4.79 Å². The van der Waals surface area contributed by atoms with E-state index in [1.807, 2.05) is 12.1 Å². The van der Waals surface area contributed by atoms with Crippen molar-refractivity contribution in [3.63, 3.8) is 0 Å². The van der Waals surface area contributed by atoms with Crippen LogP contribution in [0.25, 0.3) is 11.3 Å². The van der Waals surface area contributed by atoms with Gasteiger partial charge in [-0.2, -0.15) is 0 Å². The van der Waals surface area contributed by atoms with Gasteiger partial charge in [0.1, 0.15) is 0 Å². The highest BCUT2D eigenvalue weighted by Crippen LogP contribution is 2.22. The summed E-state index contributed by atoms with van der Waals surface area (Å²) in [6.07, 6.45) is 4.35. The maximum atomic E-state index is 11.6. The lowest BCUT2D eigenvalue weighted by molar-refractivity contribution is -0.121. The van der Waals surface area contributed by atoms with Gasteiger partial charge in [0.25, 0.3) is 0 Å². The molecule has 1 aliphatic rings. The molecule has 158 valence electrons. The molecule has 2 N–H and O–H groups in total. The molecule has 0 unspecified atom stereocenters. The van der Waals surface area contributed by atoms with Gasteiger partial charge in [0.2, 0.25) is 11.8 Å². The second kappa shape index (κ2) is 11.2. The summed E-state index contributed by atoms with van der Waals surface area (Å²) in [5.74, 6) is 2.80. The minimum atomic E-state index is 0. The number of carbonyl (C=O) groups is 1. The van der Waals surface area contributed by atoms with Gasteiger partial charge in [-0.25, -0.2) is 4.98 Å². The predicted molar refractivity (Wildman–Crippen MR) is 125 cm³/mol. The first-order chi connectivity index (χ1) is 13.6. The lowest BCUT2D eigenvalue weighted by Crippen LogP contribution is -2.45. The number of nitrogens with zero attached hydrogens (tertiary/aromatic N) is 3. The van der Waals surface area contributed by atoms with Crippen LogP contribution in [0.3, 0.4) is 0 Å². The third-order valence-corrected chi connectivity index (χ3v) is 5.17. The van der Waals surface area contributed by atoms with E-state index in [1.54, 1.807) is 20.3 Å². The zero-order valence-corrected chi connectivity index (χ0v) is 19.6. The Morgan fingerprint density at radius 3 is 2.59 bits per heavy atom. The molecule has 1 aromatic heterocycles. The summed E-state index contributed by atoms with van der Waals surface area (Å²) in [5.41, 5.74) is 2.24. The van der Waals surface area contributed by atoms with Crippen LogP contribution in [0, 0.1) is 12.8 Å². The quantitative estimate of drug-likeness (QED) is 0.366. The van der Waals surface area contributed by atoms with Crippen molar-refractivity contribution in [2.75, 3.05) is 27.2 Å². The van der Waals surface area contributed by atoms with Crippen molar-refractivity contribution in [1.82, 2.24) is 20.5 Å². The Hall–Kier alpha value is -2.10. The highest BCUT2D eigenvalue weighted by Gasteiger charge is 2.23. The molecule has 8 heteroatoms. The fraction of sp³-hybridized carbons (Fsp3) is 0.476. The zero-order chi connectivity index (χ0) is 19.9. The number of amides is 1. The third-order valence-electron chi connectivity index (χ3n) is 5.17. The zero-order valence-electron chi connectivity index (χ0n) is 17.3. The number of guanidine groups is 1. The lowest BCUT2D eigenvalue weighted by atomic mass is 9.93. The topological polar surface area (TPSA) is 82.8 Å². The van der Waals surface area contributed by atoms with Crippen LogP contribution in [-0.4, -0.2) is 48.9 Å². The molecule has 0 atom stereocenters. The highest BCUT2D eigenvalue weighted by molar-refractivity contribution is 14.0. The molecular formula is C21H30IN5O2. The fourth-order valence-electron chi connectivity index (χ4n) is 3.44. The Bertz CT molecular complexity index is 811. The Kier molecular flexibility index (Phi) is 8.94. The molecule has 1 saturated heterocycles. The Labute approximate surface area is 189 Å². The first kappa shape index (κ1) is 23.2. The van der Waals surface area contributed by atoms with Gasteiger partial charge in [-0.05, 0) is 25.7 Å². The first-order valence-electron chi connectivity index (χ1n) is 9.77. The molecule has 1 fully saturated rings. The smallest absolute Gasteiger partial charge is 0.220 e. The van der Waals surface area contributed by atoms with E-state index in [-0.39, 0.29) is 29.9 Å². The van der Waals surface area contributed by atoms with Gasteiger partial charge in [-0.15, -0.1) is 24.0 Å². The largest absolute Gasteiger partial charge is 0.439 e. The second-order valence-corrected chi connectivity index (χ2v) is 7.19. The van der Waals surface area contributed by atoms with Crippen LogP contribution in [0.1, 0.15) is 30.7 Å². The van der Waals surface area contributed by atoms with Crippen LogP contribution >= 0.6 is 24.0 Å². The van der Waals surface area contributed by atoms with E-state index in [4.69, 9.17) is 4.42 Å². The molecule has 0 saturated carbocycles. The van der Waals surface area contributed by atoms with Crippen molar-refractivity contribution in [2.45, 2.75) is 32.7 Å². The molecular weight excluding hydrogens is 481 g/mol. The van der Waals surface area contributed by atoms with Gasteiger partial charge < -0.3 is 20.0 Å². The van der Waals surface area contributed by atoms with Crippen LogP contribution in [0.2, 0.25) is 0 Å². The average molecular weight is 511 g/mol. The van der Waals surface area contributed by atoms with Crippen LogP contribution in [-0.2, 0) is 11.3 Å². The molecule has 1 amide bonds. The first-order valence-corrected chi connectivity index (χ1v) is 9.77. The van der Waals surface area contributed by atoms with Crippen molar-refractivity contribution < 1.29 is 9.21 Å². The number of nitrogens with one attached hydrogen (secondary N) is 2. The summed E-state index contributed by atoms with van der Waals surface area (Å²) in [7, 11) is 3.47. The van der Waals surface area contributed by atoms with E-state index >= 15 is 0 Å². The van der Waals surface area contributed by atoms with Crippen molar-refractivity contribution in [3.8, 4) is 11.3 Å². The number of aromatic nitrogens is 1. The molecule has 0 spiro atoms. The monoisotopic (exact) mass is 511 g/mol. The van der Waals surface area contributed by atoms with Crippen molar-refractivity contribution >= 4 is 35.8 Å². The third kappa shape index (κ3) is 6.45. The minimum Gasteiger partial charge on any atom is -0.439 e. The summed E-state index contributed by atoms with van der Waals surface area (Å²) in [5, 5.41) is 6.04. The number of aryl methyl sites for hydroxylation is 1. The number of hydrogen-bond donors (Lipinski definition) is 2. The number of oxazole rings is 1. The summed E-state index contributed by atoms with van der Waals surface area (Å²) in [4.78, 5) is 22.5. The van der Waals surface area contributed by atoms with Gasteiger partial charge in [0.05, 0.1) is 12.7 Å². The molecule has 0 bridgehead atoms. The Balaban J connectivity index is 0.00000300. The van der Waals surface area contributed by atoms with E-state index < -0.39 is 0 Å². The Morgan fingerprint density at radius 1 is 1.28 bits per heavy atom. The maximum absolute atomic E-state index is 11.6. The van der Waals surface area contributed by atoms with Gasteiger partial charge >= 0.3 is 0 Å². The molecule has 0 aliphatic carbocycles. The number of piperidine rings is 1. The SMILES string of the molecule is CN=C(NCc1ncc(-c2ccc(C)cc2)o1)N1CCC(CC(=O)NC)CC1.I. The molecule has 0 radical (unpaired) electrons. The standard InChI is InChI=1S/C21H29N5O2.HI/c1-15-4-6-17(7-5-15)18-13-24-20(28-18)14-25-21(23-3)26-10-8-16(9-11-26)12-19(27)22-2;/h4-7,13,16H,8-12,14H2,1-3H3,(H,22,27)(H,23,25);1H. The van der Waals surface area contributed by atoms with E-state index in [2.05, 4.69) is 44.6 Å². The van der Waals surface area contributed by atoms with Crippen LogP contribution in [0.5, 0.6) is 0 Å². The van der Waals surface area contributed by atoms with E-state index in [0.717, 1.165) is 43.2 Å². The molecule has 7 nitrogen and oxygen atoms in total. The number of hydrogen-bond acceptors (Lipinski definition) is 4. The number of rotatable bonds is 5. The number of carbonyl (C=O) groups excluding carboxylic acids is 1. The van der Waals surface area contributed by atoms with Crippen molar-refractivity contribution in [1.29, 1.82) is 0 Å². The van der Waals surface area contributed by atoms with E-state index in [0.29, 0.717) is 24.8 Å². The molecule has 1 aromatic carbocycles. The summed E-state index contributed by atoms with van der Waals surface area (Å²) < 4.78 is 5.87. The van der Waals surface area contributed by atoms with Crippen LogP contribution in [0.15, 0.2) is 39.9 Å². The highest BCUT2D eigenvalue weighted by atomic mass is 127. The minimum absolute atomic E-state index is 0. The fourth-order valence-corrected chi connectivity index (χ4v) is 3.44. The number of aliphatic imine (C=N–C) groups is 1. The molecule has 2 aromatic rings. The number of halogens is 1. The molecule has 3 rings (SSSR count). The van der Waals surface area contributed by atoms with Crippen molar-refractivity contribution in [2.24, 2.45) is 10.9 Å². The van der Waals surface area contributed by atoms with Crippen LogP contribution < -0.4 is 10.6 Å². The Morgan fingerprint density at radius 2 is 1.97 bits per heavy atom. The van der Waals surface area contributed by atoms with Gasteiger partial charge in [0, 0.05) is 39.2 Å². The molecule has 2 heterocycles. The van der Waals surface area contributed by atoms with Gasteiger partial charge in [-0.1, -0.05) is 29.8 Å². The maximum Gasteiger partial charge on any atom is 0.220 e. The summed E-state index contributed by atoms with van der Waals surface area (Å²) in [6, 6.07) is 8.20. The van der Waals surface area contributed by atoms with E-state index in [1.165, 1.54) is 5.56 Å². The molecule has 29 heavy (non-hydrogen) atoms. The van der Waals surface area contributed by atoms with Gasteiger partial charge in [-0.3, -0.25) is 9.79 Å². The number of benzene rings is 1. The summed E-state index contributed by atoms with van der Waals surface area (Å²) in [6.45, 7) is 4.33. The molecule has 1 aliphatic heterocycles. The summed E-state index contributed by atoms with van der Waals surface area (Å²) >= 11 is 0. The predicted octanol–water partition coefficient (Wildman–Crippen LogP) is 3.19. The lowest BCUT2D eigenvalue weighted by Gasteiger charge is -2.33. The second-order valence-electron chi connectivity index (χ2n) is 7.19. The number of likely N-dealkylation sites (tertiary alicyclic amines) is 1. The van der Waals surface area contributed by atoms with Crippen molar-refractivity contribution in [3.05, 3.63) is 41.9 Å². The van der Waals surface area contributed by atoms with Gasteiger partial charge in [0.15, 0.2) is 11.7 Å². The normalized spacial score (nSPS) is 15.0. The average Bonchev–Trinajstić information content (AvgIpc) is 3.19.